The zero-order chi connectivity index (χ0) is 11.0. The van der Waals surface area contributed by atoms with Crippen molar-refractivity contribution < 1.29 is 9.90 Å². The Balaban J connectivity index is 2.34. The van der Waals surface area contributed by atoms with Gasteiger partial charge in [0, 0.05) is 18.8 Å². The van der Waals surface area contributed by atoms with Crippen LogP contribution in [0, 0.1) is 5.92 Å². The summed E-state index contributed by atoms with van der Waals surface area (Å²) in [6, 6.07) is 5.04. The third-order valence-corrected chi connectivity index (χ3v) is 2.66. The predicted molar refractivity (Wildman–Crippen MR) is 59.2 cm³/mol. The number of carboxylic acids is 1. The van der Waals surface area contributed by atoms with Crippen molar-refractivity contribution in [1.29, 1.82) is 0 Å². The van der Waals surface area contributed by atoms with Crippen LogP contribution in [0.15, 0.2) is 18.2 Å². The summed E-state index contributed by atoms with van der Waals surface area (Å²) in [4.78, 5) is 13.1. The third-order valence-electron chi connectivity index (χ3n) is 2.66. The SMILES string of the molecule is CC1CN(c2ccc(N)cc2C(=O)O)C1. The van der Waals surface area contributed by atoms with Gasteiger partial charge in [-0.2, -0.15) is 0 Å². The molecule has 0 radical (unpaired) electrons. The minimum atomic E-state index is -0.920. The highest BCUT2D eigenvalue weighted by Crippen LogP contribution is 2.29. The second-order valence-electron chi connectivity index (χ2n) is 4.09. The van der Waals surface area contributed by atoms with E-state index in [2.05, 4.69) is 11.8 Å². The van der Waals surface area contributed by atoms with E-state index in [1.807, 2.05) is 0 Å². The van der Waals surface area contributed by atoms with E-state index in [0.717, 1.165) is 18.8 Å². The Morgan fingerprint density at radius 3 is 2.73 bits per heavy atom. The molecule has 0 unspecified atom stereocenters. The van der Waals surface area contributed by atoms with E-state index in [1.54, 1.807) is 12.1 Å². The van der Waals surface area contributed by atoms with Gasteiger partial charge >= 0.3 is 5.97 Å². The van der Waals surface area contributed by atoms with Gasteiger partial charge in [0.05, 0.1) is 11.3 Å². The summed E-state index contributed by atoms with van der Waals surface area (Å²) in [5.74, 6) is -0.277. The van der Waals surface area contributed by atoms with Gasteiger partial charge < -0.3 is 15.7 Å². The zero-order valence-electron chi connectivity index (χ0n) is 8.60. The van der Waals surface area contributed by atoms with Gasteiger partial charge in [0.25, 0.3) is 0 Å². The first-order chi connectivity index (χ1) is 7.08. The molecule has 1 aromatic rings. The summed E-state index contributed by atoms with van der Waals surface area (Å²) in [5.41, 5.74) is 7.13. The Morgan fingerprint density at radius 1 is 1.53 bits per heavy atom. The van der Waals surface area contributed by atoms with Crippen LogP contribution in [-0.4, -0.2) is 24.2 Å². The molecule has 1 aliphatic heterocycles. The highest BCUT2D eigenvalue weighted by molar-refractivity contribution is 5.95. The molecule has 1 aromatic carbocycles. The molecule has 0 atom stereocenters. The topological polar surface area (TPSA) is 66.6 Å². The zero-order valence-corrected chi connectivity index (χ0v) is 8.60. The Kier molecular flexibility index (Phi) is 2.26. The second kappa shape index (κ2) is 3.46. The lowest BCUT2D eigenvalue weighted by atomic mass is 10.00. The van der Waals surface area contributed by atoms with Crippen molar-refractivity contribution >= 4 is 17.3 Å². The molecule has 1 saturated heterocycles. The maximum Gasteiger partial charge on any atom is 0.337 e. The van der Waals surface area contributed by atoms with Crippen LogP contribution in [0.4, 0.5) is 11.4 Å². The van der Waals surface area contributed by atoms with E-state index in [-0.39, 0.29) is 0 Å². The molecular formula is C11H14N2O2. The standard InChI is InChI=1S/C11H14N2O2/c1-7-5-13(6-7)10-3-2-8(12)4-9(10)11(14)15/h2-4,7H,5-6,12H2,1H3,(H,14,15). The van der Waals surface area contributed by atoms with Crippen LogP contribution in [0.5, 0.6) is 0 Å². The lowest BCUT2D eigenvalue weighted by molar-refractivity contribution is 0.0697. The van der Waals surface area contributed by atoms with Crippen LogP contribution >= 0.6 is 0 Å². The van der Waals surface area contributed by atoms with Gasteiger partial charge in [0.15, 0.2) is 0 Å². The smallest absolute Gasteiger partial charge is 0.337 e. The number of hydrogen-bond acceptors (Lipinski definition) is 3. The third kappa shape index (κ3) is 1.75. The molecule has 0 bridgehead atoms. The second-order valence-corrected chi connectivity index (χ2v) is 4.09. The molecule has 0 spiro atoms. The Bertz CT molecular complexity index is 398. The molecule has 1 fully saturated rings. The van der Waals surface area contributed by atoms with Gasteiger partial charge in [-0.25, -0.2) is 4.79 Å². The average Bonchev–Trinajstić information content (AvgIpc) is 2.13. The predicted octanol–water partition coefficient (Wildman–Crippen LogP) is 1.42. The fraction of sp³-hybridized carbons (Fsp3) is 0.364. The van der Waals surface area contributed by atoms with E-state index < -0.39 is 5.97 Å². The molecule has 4 nitrogen and oxygen atoms in total. The van der Waals surface area contributed by atoms with E-state index in [9.17, 15) is 4.79 Å². The maximum atomic E-state index is 11.0. The summed E-state index contributed by atoms with van der Waals surface area (Å²) in [5, 5.41) is 9.04. The number of anilines is 2. The van der Waals surface area contributed by atoms with Gasteiger partial charge in [-0.15, -0.1) is 0 Å². The first-order valence-corrected chi connectivity index (χ1v) is 4.95. The molecule has 1 heterocycles. The van der Waals surface area contributed by atoms with Gasteiger partial charge in [-0.05, 0) is 24.1 Å². The molecule has 0 aliphatic carbocycles. The molecular weight excluding hydrogens is 192 g/mol. The van der Waals surface area contributed by atoms with Crippen molar-refractivity contribution in [2.24, 2.45) is 5.92 Å². The average molecular weight is 206 g/mol. The number of rotatable bonds is 2. The van der Waals surface area contributed by atoms with Crippen LogP contribution in [0.2, 0.25) is 0 Å². The summed E-state index contributed by atoms with van der Waals surface area (Å²) < 4.78 is 0. The number of hydrogen-bond donors (Lipinski definition) is 2. The molecule has 1 aliphatic rings. The van der Waals surface area contributed by atoms with Crippen LogP contribution in [-0.2, 0) is 0 Å². The quantitative estimate of drug-likeness (QED) is 0.718. The summed E-state index contributed by atoms with van der Waals surface area (Å²) in [6.45, 7) is 3.99. The fourth-order valence-electron chi connectivity index (χ4n) is 1.90. The summed E-state index contributed by atoms with van der Waals surface area (Å²) in [7, 11) is 0. The Morgan fingerprint density at radius 2 is 2.20 bits per heavy atom. The Labute approximate surface area is 88.3 Å². The molecule has 0 amide bonds. The molecule has 2 rings (SSSR count). The lowest BCUT2D eigenvalue weighted by Gasteiger charge is -2.39. The van der Waals surface area contributed by atoms with Crippen molar-refractivity contribution in [3.8, 4) is 0 Å². The lowest BCUT2D eigenvalue weighted by Crippen LogP contribution is -2.45. The minimum Gasteiger partial charge on any atom is -0.478 e. The molecule has 80 valence electrons. The van der Waals surface area contributed by atoms with Crippen LogP contribution in [0.1, 0.15) is 17.3 Å². The van der Waals surface area contributed by atoms with Crippen molar-refractivity contribution in [3.63, 3.8) is 0 Å². The van der Waals surface area contributed by atoms with Crippen molar-refractivity contribution in [2.75, 3.05) is 23.7 Å². The number of nitrogens with two attached hydrogens (primary N) is 1. The molecule has 3 N–H and O–H groups in total. The van der Waals surface area contributed by atoms with Crippen LogP contribution in [0.25, 0.3) is 0 Å². The summed E-state index contributed by atoms with van der Waals surface area (Å²) in [6.07, 6.45) is 0. The highest BCUT2D eigenvalue weighted by atomic mass is 16.4. The van der Waals surface area contributed by atoms with Crippen molar-refractivity contribution in [1.82, 2.24) is 0 Å². The maximum absolute atomic E-state index is 11.0. The number of aromatic carboxylic acids is 1. The summed E-state index contributed by atoms with van der Waals surface area (Å²) >= 11 is 0. The highest BCUT2D eigenvalue weighted by Gasteiger charge is 2.26. The van der Waals surface area contributed by atoms with E-state index in [1.165, 1.54) is 6.07 Å². The first-order valence-electron chi connectivity index (χ1n) is 4.95. The minimum absolute atomic E-state index is 0.293. The molecule has 4 heteroatoms. The van der Waals surface area contributed by atoms with Gasteiger partial charge in [-0.3, -0.25) is 0 Å². The number of carbonyl (C=O) groups is 1. The number of nitrogens with zero attached hydrogens (tertiary/aromatic N) is 1. The first kappa shape index (κ1) is 9.83. The molecule has 0 aromatic heterocycles. The van der Waals surface area contributed by atoms with Gasteiger partial charge in [0.2, 0.25) is 0 Å². The van der Waals surface area contributed by atoms with E-state index in [0.29, 0.717) is 17.2 Å². The monoisotopic (exact) mass is 206 g/mol. The molecule has 15 heavy (non-hydrogen) atoms. The fourth-order valence-corrected chi connectivity index (χ4v) is 1.90. The van der Waals surface area contributed by atoms with Gasteiger partial charge in [-0.1, -0.05) is 6.92 Å². The van der Waals surface area contributed by atoms with E-state index >= 15 is 0 Å². The van der Waals surface area contributed by atoms with Crippen molar-refractivity contribution in [3.05, 3.63) is 23.8 Å². The normalized spacial score (nSPS) is 16.2. The van der Waals surface area contributed by atoms with Crippen LogP contribution < -0.4 is 10.6 Å². The number of nitrogen functional groups attached to an aromatic ring is 1. The number of benzene rings is 1. The van der Waals surface area contributed by atoms with Crippen LogP contribution in [0.3, 0.4) is 0 Å². The largest absolute Gasteiger partial charge is 0.478 e. The Hall–Kier alpha value is -1.71. The van der Waals surface area contributed by atoms with E-state index in [4.69, 9.17) is 10.8 Å². The van der Waals surface area contributed by atoms with Crippen molar-refractivity contribution in [2.45, 2.75) is 6.92 Å². The number of carboxylic acid groups (broad SMARTS) is 1. The molecule has 0 saturated carbocycles. The van der Waals surface area contributed by atoms with Gasteiger partial charge in [0.1, 0.15) is 0 Å².